The van der Waals surface area contributed by atoms with Crippen molar-refractivity contribution in [2.45, 2.75) is 13.0 Å². The Balaban J connectivity index is 1.91. The molecule has 1 unspecified atom stereocenters. The Kier molecular flexibility index (Phi) is 6.08. The summed E-state index contributed by atoms with van der Waals surface area (Å²) in [4.78, 5) is 28.7. The highest BCUT2D eigenvalue weighted by molar-refractivity contribution is 5.76. The molecule has 0 spiro atoms. The second-order valence-corrected chi connectivity index (χ2v) is 7.52. The summed E-state index contributed by atoms with van der Waals surface area (Å²) in [6.07, 6.45) is 7.34. The largest absolute Gasteiger partial charge is 0.489 e. The second-order valence-electron chi connectivity index (χ2n) is 7.52. The van der Waals surface area contributed by atoms with E-state index in [1.807, 2.05) is 67.4 Å². The number of benzene rings is 1. The van der Waals surface area contributed by atoms with Gasteiger partial charge in [-0.05, 0) is 36.3 Å². The lowest BCUT2D eigenvalue weighted by Gasteiger charge is -2.31. The molecule has 0 fully saturated rings. The topological polar surface area (TPSA) is 86.3 Å². The number of hydrogen-bond donors (Lipinski definition) is 0. The number of aromatic nitrogens is 4. The fraction of sp³-hybridized carbons (Fsp3) is 0.200. The molecule has 0 amide bonds. The number of likely N-dealkylation sites (N-methyl/N-ethyl adjacent to an activating group) is 1. The fourth-order valence-electron chi connectivity index (χ4n) is 3.83. The highest BCUT2D eigenvalue weighted by Crippen LogP contribution is 2.33. The number of hydrogen-bond acceptors (Lipinski definition) is 7. The zero-order valence-electron chi connectivity index (χ0n) is 19.0. The fourth-order valence-corrected chi connectivity index (χ4v) is 3.83. The summed E-state index contributed by atoms with van der Waals surface area (Å²) in [5.74, 6) is 0.676. The molecule has 1 aromatic carbocycles. The molecular formula is C25H25N5O3. The van der Waals surface area contributed by atoms with E-state index in [1.165, 1.54) is 11.7 Å². The van der Waals surface area contributed by atoms with Crippen LogP contribution < -0.4 is 15.2 Å². The predicted molar refractivity (Wildman–Crippen MR) is 128 cm³/mol. The van der Waals surface area contributed by atoms with Crippen molar-refractivity contribution in [2.24, 2.45) is 7.05 Å². The molecule has 33 heavy (non-hydrogen) atoms. The third kappa shape index (κ3) is 4.03. The Labute approximate surface area is 191 Å². The van der Waals surface area contributed by atoms with Gasteiger partial charge in [0.1, 0.15) is 5.52 Å². The molecule has 8 nitrogen and oxygen atoms in total. The Morgan fingerprint density at radius 3 is 2.70 bits per heavy atom. The number of oxazole rings is 1. The molecule has 4 aromatic rings. The minimum absolute atomic E-state index is 0.0615. The molecule has 8 heteroatoms. The molecule has 0 radical (unpaired) electrons. The normalized spacial score (nSPS) is 12.2. The average molecular weight is 444 g/mol. The number of fused-ring (bicyclic) bond motifs is 1. The third-order valence-corrected chi connectivity index (χ3v) is 5.36. The highest BCUT2D eigenvalue weighted by atomic mass is 16.5. The standard InChI is InChI=1S/C25H25N5O3/c1-6-10-16(2)21(17-11-9-14-26-15-17)29(3)25-28-20(22(32-5)24(31)30(25)4)23-27-18-12-7-8-13-19(18)33-23/h6-15,21H,2H2,1,3-5H3/b10-6-. The molecule has 0 aliphatic heterocycles. The molecular weight excluding hydrogens is 418 g/mol. The first kappa shape index (κ1) is 22.0. The van der Waals surface area contributed by atoms with Crippen LogP contribution in [0.2, 0.25) is 0 Å². The van der Waals surface area contributed by atoms with Crippen LogP contribution in [0.25, 0.3) is 22.7 Å². The van der Waals surface area contributed by atoms with E-state index in [1.54, 1.807) is 19.4 Å². The number of pyridine rings is 1. The van der Waals surface area contributed by atoms with Crippen LogP contribution in [-0.4, -0.2) is 33.7 Å². The van der Waals surface area contributed by atoms with Gasteiger partial charge in [-0.25, -0.2) is 9.97 Å². The van der Waals surface area contributed by atoms with Crippen molar-refractivity contribution in [3.05, 3.63) is 89.0 Å². The Hall–Kier alpha value is -4.20. The summed E-state index contributed by atoms with van der Waals surface area (Å²) in [5, 5.41) is 0. The number of nitrogens with zero attached hydrogens (tertiary/aromatic N) is 5. The van der Waals surface area contributed by atoms with Gasteiger partial charge in [0.05, 0.1) is 13.2 Å². The zero-order valence-corrected chi connectivity index (χ0v) is 19.0. The van der Waals surface area contributed by atoms with E-state index < -0.39 is 0 Å². The van der Waals surface area contributed by atoms with Gasteiger partial charge in [-0.2, -0.15) is 0 Å². The van der Waals surface area contributed by atoms with Gasteiger partial charge in [0.25, 0.3) is 11.4 Å². The lowest BCUT2D eigenvalue weighted by Crippen LogP contribution is -2.33. The van der Waals surface area contributed by atoms with Gasteiger partial charge in [0.2, 0.25) is 11.7 Å². The van der Waals surface area contributed by atoms with Gasteiger partial charge in [-0.1, -0.05) is 36.9 Å². The van der Waals surface area contributed by atoms with Crippen LogP contribution >= 0.6 is 0 Å². The quantitative estimate of drug-likeness (QED) is 0.394. The van der Waals surface area contributed by atoms with Gasteiger partial charge in [-0.3, -0.25) is 14.3 Å². The first-order valence-electron chi connectivity index (χ1n) is 10.4. The molecule has 4 rings (SSSR count). The summed E-state index contributed by atoms with van der Waals surface area (Å²) < 4.78 is 12.8. The van der Waals surface area contributed by atoms with E-state index >= 15 is 0 Å². The van der Waals surface area contributed by atoms with Crippen molar-refractivity contribution in [1.82, 2.24) is 19.5 Å². The van der Waals surface area contributed by atoms with Crippen LogP contribution in [0, 0.1) is 0 Å². The minimum Gasteiger partial charge on any atom is -0.489 e. The van der Waals surface area contributed by atoms with E-state index in [0.29, 0.717) is 17.0 Å². The van der Waals surface area contributed by atoms with Crippen molar-refractivity contribution >= 4 is 17.0 Å². The van der Waals surface area contributed by atoms with Crippen molar-refractivity contribution in [2.75, 3.05) is 19.1 Å². The maximum Gasteiger partial charge on any atom is 0.297 e. The van der Waals surface area contributed by atoms with Crippen molar-refractivity contribution in [3.8, 4) is 17.3 Å². The zero-order chi connectivity index (χ0) is 23.5. The third-order valence-electron chi connectivity index (χ3n) is 5.36. The van der Waals surface area contributed by atoms with Crippen LogP contribution in [-0.2, 0) is 7.05 Å². The van der Waals surface area contributed by atoms with E-state index in [-0.39, 0.29) is 28.9 Å². The van der Waals surface area contributed by atoms with Crippen molar-refractivity contribution in [3.63, 3.8) is 0 Å². The molecule has 0 aliphatic carbocycles. The summed E-state index contributed by atoms with van der Waals surface area (Å²) in [7, 11) is 4.94. The molecule has 3 aromatic heterocycles. The van der Waals surface area contributed by atoms with Crippen LogP contribution in [0.3, 0.4) is 0 Å². The van der Waals surface area contributed by atoms with E-state index in [9.17, 15) is 4.79 Å². The molecule has 3 heterocycles. The minimum atomic E-state index is -0.354. The van der Waals surface area contributed by atoms with Gasteiger partial charge >= 0.3 is 0 Å². The van der Waals surface area contributed by atoms with E-state index in [4.69, 9.17) is 14.1 Å². The van der Waals surface area contributed by atoms with E-state index in [2.05, 4.69) is 16.5 Å². The van der Waals surface area contributed by atoms with Gasteiger partial charge in [0, 0.05) is 26.5 Å². The van der Waals surface area contributed by atoms with Crippen LogP contribution in [0.5, 0.6) is 5.75 Å². The number of para-hydroxylation sites is 2. The first-order valence-corrected chi connectivity index (χ1v) is 10.4. The van der Waals surface area contributed by atoms with Gasteiger partial charge in [-0.15, -0.1) is 0 Å². The Bertz CT molecular complexity index is 1360. The Morgan fingerprint density at radius 1 is 1.24 bits per heavy atom. The SMILES string of the molecule is C=C(/C=C\C)C(c1cccnc1)N(C)c1nc(-c2nc3ccccc3o2)c(OC)c(=O)n1C. The van der Waals surface area contributed by atoms with Crippen LogP contribution in [0.1, 0.15) is 18.5 Å². The number of methoxy groups -OCH3 is 1. The highest BCUT2D eigenvalue weighted by Gasteiger charge is 2.27. The van der Waals surface area contributed by atoms with Crippen LogP contribution in [0.15, 0.2) is 82.3 Å². The number of allylic oxidation sites excluding steroid dienone is 1. The number of ether oxygens (including phenoxy) is 1. The van der Waals surface area contributed by atoms with Crippen molar-refractivity contribution < 1.29 is 9.15 Å². The van der Waals surface area contributed by atoms with Gasteiger partial charge < -0.3 is 14.1 Å². The first-order chi connectivity index (χ1) is 16.0. The second kappa shape index (κ2) is 9.12. The number of rotatable bonds is 7. The lowest BCUT2D eigenvalue weighted by molar-refractivity contribution is 0.401. The maximum absolute atomic E-state index is 13.2. The molecule has 0 bridgehead atoms. The summed E-state index contributed by atoms with van der Waals surface area (Å²) in [6.45, 7) is 6.16. The van der Waals surface area contributed by atoms with Gasteiger partial charge in [0.15, 0.2) is 11.3 Å². The van der Waals surface area contributed by atoms with Crippen LogP contribution in [0.4, 0.5) is 5.95 Å². The smallest absolute Gasteiger partial charge is 0.297 e. The molecule has 0 saturated carbocycles. The monoisotopic (exact) mass is 443 g/mol. The molecule has 1 atom stereocenters. The molecule has 0 aliphatic rings. The van der Waals surface area contributed by atoms with Crippen molar-refractivity contribution in [1.29, 1.82) is 0 Å². The number of anilines is 1. The maximum atomic E-state index is 13.2. The summed E-state index contributed by atoms with van der Waals surface area (Å²) >= 11 is 0. The van der Waals surface area contributed by atoms with E-state index in [0.717, 1.165) is 11.1 Å². The lowest BCUT2D eigenvalue weighted by atomic mass is 10.00. The predicted octanol–water partition coefficient (Wildman–Crippen LogP) is 4.30. The Morgan fingerprint density at radius 2 is 2.03 bits per heavy atom. The summed E-state index contributed by atoms with van der Waals surface area (Å²) in [6, 6.07) is 10.9. The average Bonchev–Trinajstić information content (AvgIpc) is 3.25. The molecule has 0 saturated heterocycles. The molecule has 0 N–H and O–H groups in total. The summed E-state index contributed by atoms with van der Waals surface area (Å²) in [5.41, 5.74) is 2.88. The molecule has 168 valence electrons.